The second kappa shape index (κ2) is 6.91. The van der Waals surface area contributed by atoms with E-state index in [0.717, 1.165) is 15.6 Å². The molecule has 0 fully saturated rings. The SMILES string of the molecule is CCOC(C)c1ccc2c(=O)n(CC(=O)O)nc(C(C)C)c2c1. The van der Waals surface area contributed by atoms with Crippen LogP contribution in [0.15, 0.2) is 23.0 Å². The van der Waals surface area contributed by atoms with E-state index in [-0.39, 0.29) is 17.6 Å². The molecule has 0 aliphatic heterocycles. The number of hydrogen-bond donors (Lipinski definition) is 1. The third kappa shape index (κ3) is 3.59. The van der Waals surface area contributed by atoms with Gasteiger partial charge in [-0.05, 0) is 37.5 Å². The molecule has 0 bridgehead atoms. The van der Waals surface area contributed by atoms with Crippen molar-refractivity contribution in [1.29, 1.82) is 0 Å². The smallest absolute Gasteiger partial charge is 0.325 e. The average molecular weight is 318 g/mol. The van der Waals surface area contributed by atoms with Gasteiger partial charge in [0.15, 0.2) is 0 Å². The molecule has 124 valence electrons. The van der Waals surface area contributed by atoms with Gasteiger partial charge in [-0.15, -0.1) is 0 Å². The van der Waals surface area contributed by atoms with Crippen LogP contribution in [0.5, 0.6) is 0 Å². The summed E-state index contributed by atoms with van der Waals surface area (Å²) < 4.78 is 6.62. The van der Waals surface area contributed by atoms with Gasteiger partial charge in [-0.3, -0.25) is 9.59 Å². The van der Waals surface area contributed by atoms with Crippen LogP contribution in [0.25, 0.3) is 10.8 Å². The van der Waals surface area contributed by atoms with E-state index in [9.17, 15) is 9.59 Å². The molecule has 23 heavy (non-hydrogen) atoms. The number of hydrogen-bond acceptors (Lipinski definition) is 4. The summed E-state index contributed by atoms with van der Waals surface area (Å²) in [5.74, 6) is -1.02. The van der Waals surface area contributed by atoms with E-state index in [0.29, 0.717) is 17.7 Å². The summed E-state index contributed by atoms with van der Waals surface area (Å²) in [5.41, 5.74) is 1.30. The number of benzene rings is 1. The lowest BCUT2D eigenvalue weighted by Crippen LogP contribution is -2.28. The highest BCUT2D eigenvalue weighted by Crippen LogP contribution is 2.26. The zero-order valence-electron chi connectivity index (χ0n) is 13.9. The van der Waals surface area contributed by atoms with Crippen LogP contribution in [-0.2, 0) is 16.1 Å². The lowest BCUT2D eigenvalue weighted by molar-refractivity contribution is -0.138. The number of ether oxygens (including phenoxy) is 1. The summed E-state index contributed by atoms with van der Waals surface area (Å²) in [5, 5.41) is 14.5. The van der Waals surface area contributed by atoms with E-state index in [1.807, 2.05) is 39.8 Å². The first-order chi connectivity index (χ1) is 10.8. The number of carboxylic acid groups (broad SMARTS) is 1. The Bertz CT molecular complexity index is 780. The molecule has 1 aromatic carbocycles. The second-order valence-electron chi connectivity index (χ2n) is 5.80. The van der Waals surface area contributed by atoms with E-state index in [1.54, 1.807) is 6.07 Å². The maximum absolute atomic E-state index is 12.5. The molecule has 6 nitrogen and oxygen atoms in total. The molecule has 0 spiro atoms. The summed E-state index contributed by atoms with van der Waals surface area (Å²) in [4.78, 5) is 23.4. The predicted molar refractivity (Wildman–Crippen MR) is 87.8 cm³/mol. The Morgan fingerprint density at radius 2 is 2.00 bits per heavy atom. The van der Waals surface area contributed by atoms with Gasteiger partial charge in [0.1, 0.15) is 6.54 Å². The van der Waals surface area contributed by atoms with Crippen molar-refractivity contribution in [2.45, 2.75) is 46.3 Å². The normalized spacial score (nSPS) is 12.7. The first-order valence-corrected chi connectivity index (χ1v) is 7.73. The fourth-order valence-corrected chi connectivity index (χ4v) is 2.59. The number of aliphatic carboxylic acids is 1. The fourth-order valence-electron chi connectivity index (χ4n) is 2.59. The van der Waals surface area contributed by atoms with Gasteiger partial charge >= 0.3 is 5.97 Å². The number of rotatable bonds is 6. The molecule has 0 radical (unpaired) electrons. The first-order valence-electron chi connectivity index (χ1n) is 7.73. The summed E-state index contributed by atoms with van der Waals surface area (Å²) in [6, 6.07) is 5.50. The van der Waals surface area contributed by atoms with Crippen LogP contribution in [0.2, 0.25) is 0 Å². The van der Waals surface area contributed by atoms with Crippen molar-refractivity contribution < 1.29 is 14.6 Å². The maximum atomic E-state index is 12.5. The Hall–Kier alpha value is -2.21. The molecule has 1 atom stereocenters. The Balaban J connectivity index is 2.68. The molecule has 1 aromatic heterocycles. The van der Waals surface area contributed by atoms with Crippen LogP contribution in [0.3, 0.4) is 0 Å². The monoisotopic (exact) mass is 318 g/mol. The van der Waals surface area contributed by atoms with E-state index < -0.39 is 12.5 Å². The lowest BCUT2D eigenvalue weighted by atomic mass is 9.99. The van der Waals surface area contributed by atoms with E-state index in [1.165, 1.54) is 0 Å². The van der Waals surface area contributed by atoms with Gasteiger partial charge in [0.05, 0.1) is 17.2 Å². The highest BCUT2D eigenvalue weighted by Gasteiger charge is 2.16. The Morgan fingerprint density at radius 1 is 1.30 bits per heavy atom. The van der Waals surface area contributed by atoms with Gasteiger partial charge < -0.3 is 9.84 Å². The Morgan fingerprint density at radius 3 is 2.57 bits per heavy atom. The van der Waals surface area contributed by atoms with Gasteiger partial charge in [-0.25, -0.2) is 4.68 Å². The van der Waals surface area contributed by atoms with Crippen LogP contribution >= 0.6 is 0 Å². The molecule has 0 aliphatic carbocycles. The standard InChI is InChI=1S/C17H22N2O4/c1-5-23-11(4)12-6-7-13-14(8-12)16(10(2)3)18-19(17(13)22)9-15(20)21/h6-8,10-11H,5,9H2,1-4H3,(H,20,21). The number of fused-ring (bicyclic) bond motifs is 1. The third-order valence-electron chi connectivity index (χ3n) is 3.73. The van der Waals surface area contributed by atoms with Crippen molar-refractivity contribution in [1.82, 2.24) is 9.78 Å². The lowest BCUT2D eigenvalue weighted by Gasteiger charge is -2.16. The molecule has 0 aliphatic rings. The van der Waals surface area contributed by atoms with Crippen molar-refractivity contribution in [2.24, 2.45) is 0 Å². The van der Waals surface area contributed by atoms with Gasteiger partial charge in [-0.2, -0.15) is 5.10 Å². The Kier molecular flexibility index (Phi) is 5.15. The van der Waals surface area contributed by atoms with E-state index >= 15 is 0 Å². The van der Waals surface area contributed by atoms with Crippen LogP contribution in [0.1, 0.15) is 51.0 Å². The molecular formula is C17H22N2O4. The minimum atomic E-state index is -1.09. The molecule has 1 unspecified atom stereocenters. The maximum Gasteiger partial charge on any atom is 0.325 e. The van der Waals surface area contributed by atoms with Crippen molar-refractivity contribution in [3.05, 3.63) is 39.8 Å². The molecule has 2 aromatic rings. The minimum Gasteiger partial charge on any atom is -0.480 e. The quantitative estimate of drug-likeness (QED) is 0.885. The van der Waals surface area contributed by atoms with Crippen molar-refractivity contribution in [3.8, 4) is 0 Å². The van der Waals surface area contributed by atoms with Crippen molar-refractivity contribution in [2.75, 3.05) is 6.61 Å². The zero-order valence-corrected chi connectivity index (χ0v) is 13.9. The topological polar surface area (TPSA) is 81.4 Å². The summed E-state index contributed by atoms with van der Waals surface area (Å²) >= 11 is 0. The molecule has 2 rings (SSSR count). The number of carboxylic acids is 1. The van der Waals surface area contributed by atoms with Gasteiger partial charge in [0, 0.05) is 12.0 Å². The molecule has 1 N–H and O–H groups in total. The largest absolute Gasteiger partial charge is 0.480 e. The van der Waals surface area contributed by atoms with Gasteiger partial charge in [-0.1, -0.05) is 19.9 Å². The summed E-state index contributed by atoms with van der Waals surface area (Å²) in [6.45, 7) is 7.99. The Labute approximate surface area is 134 Å². The summed E-state index contributed by atoms with van der Waals surface area (Å²) in [7, 11) is 0. The van der Waals surface area contributed by atoms with Gasteiger partial charge in [0.25, 0.3) is 5.56 Å². The average Bonchev–Trinajstić information content (AvgIpc) is 2.49. The summed E-state index contributed by atoms with van der Waals surface area (Å²) in [6.07, 6.45) is -0.0779. The van der Waals surface area contributed by atoms with Gasteiger partial charge in [0.2, 0.25) is 0 Å². The number of nitrogens with zero attached hydrogens (tertiary/aromatic N) is 2. The number of aromatic nitrogens is 2. The van der Waals surface area contributed by atoms with Crippen LogP contribution in [-0.4, -0.2) is 27.5 Å². The highest BCUT2D eigenvalue weighted by molar-refractivity contribution is 5.85. The predicted octanol–water partition coefficient (Wildman–Crippen LogP) is 2.70. The van der Waals surface area contributed by atoms with Crippen LogP contribution in [0, 0.1) is 0 Å². The molecule has 0 saturated carbocycles. The first kappa shape index (κ1) is 17.1. The molecule has 0 amide bonds. The molecular weight excluding hydrogens is 296 g/mol. The fraction of sp³-hybridized carbons (Fsp3) is 0.471. The number of carbonyl (C=O) groups is 1. The van der Waals surface area contributed by atoms with E-state index in [4.69, 9.17) is 9.84 Å². The van der Waals surface area contributed by atoms with E-state index in [2.05, 4.69) is 5.10 Å². The highest BCUT2D eigenvalue weighted by atomic mass is 16.5. The minimum absolute atomic E-state index is 0.0656. The molecule has 1 heterocycles. The zero-order chi connectivity index (χ0) is 17.1. The molecule has 0 saturated heterocycles. The van der Waals surface area contributed by atoms with Crippen LogP contribution < -0.4 is 5.56 Å². The van der Waals surface area contributed by atoms with Crippen molar-refractivity contribution in [3.63, 3.8) is 0 Å². The van der Waals surface area contributed by atoms with Crippen molar-refractivity contribution >= 4 is 16.7 Å². The molecule has 6 heteroatoms. The van der Waals surface area contributed by atoms with Crippen LogP contribution in [0.4, 0.5) is 0 Å². The third-order valence-corrected chi connectivity index (χ3v) is 3.73. The second-order valence-corrected chi connectivity index (χ2v) is 5.80.